The SMILES string of the molecule is CCc1ccc(S(OS(=O)(=O)c2c(F)c(F)c(F)c(F)c2F)(c2ccc(CC)cc2)c2ccc(CC)cc2)cc1. The summed E-state index contributed by atoms with van der Waals surface area (Å²) in [5.74, 6) is -12.2. The Balaban J connectivity index is 2.08. The van der Waals surface area contributed by atoms with Gasteiger partial charge in [-0.15, -0.1) is 0 Å². The van der Waals surface area contributed by atoms with E-state index in [9.17, 15) is 30.4 Å². The number of halogens is 5. The van der Waals surface area contributed by atoms with Crippen LogP contribution in [0.2, 0.25) is 0 Å². The van der Waals surface area contributed by atoms with E-state index in [0.717, 1.165) is 16.7 Å². The van der Waals surface area contributed by atoms with E-state index in [-0.39, 0.29) is 0 Å². The first-order valence-electron chi connectivity index (χ1n) is 12.6. The van der Waals surface area contributed by atoms with Gasteiger partial charge < -0.3 is 0 Å². The zero-order valence-corrected chi connectivity index (χ0v) is 23.6. The van der Waals surface area contributed by atoms with Crippen molar-refractivity contribution in [1.29, 1.82) is 0 Å². The Hall–Kier alpha value is -3.21. The van der Waals surface area contributed by atoms with Gasteiger partial charge in [0.15, 0.2) is 28.2 Å². The summed E-state index contributed by atoms with van der Waals surface area (Å²) in [5, 5.41) is 0. The van der Waals surface area contributed by atoms with Gasteiger partial charge in [0, 0.05) is 14.7 Å². The monoisotopic (exact) mass is 594 g/mol. The van der Waals surface area contributed by atoms with E-state index >= 15 is 0 Å². The molecule has 4 aromatic rings. The van der Waals surface area contributed by atoms with Crippen LogP contribution in [0.15, 0.2) is 92.4 Å². The Kier molecular flexibility index (Phi) is 8.72. The summed E-state index contributed by atoms with van der Waals surface area (Å²) in [6.07, 6.45) is 2.05. The van der Waals surface area contributed by atoms with E-state index in [4.69, 9.17) is 3.63 Å². The molecule has 0 saturated carbocycles. The molecular weight excluding hydrogens is 567 g/mol. The number of rotatable bonds is 9. The van der Waals surface area contributed by atoms with Crippen molar-refractivity contribution < 1.29 is 34.0 Å². The van der Waals surface area contributed by atoms with Crippen LogP contribution in [0.1, 0.15) is 37.5 Å². The van der Waals surface area contributed by atoms with Gasteiger partial charge in [-0.2, -0.15) is 8.42 Å². The second-order valence-electron chi connectivity index (χ2n) is 8.97. The van der Waals surface area contributed by atoms with Crippen molar-refractivity contribution in [2.45, 2.75) is 59.6 Å². The van der Waals surface area contributed by atoms with Gasteiger partial charge in [0.1, 0.15) is 0 Å². The molecule has 0 amide bonds. The Morgan fingerprint density at radius 3 is 1.05 bits per heavy atom. The number of hydrogen-bond acceptors (Lipinski definition) is 3. The molecule has 0 spiro atoms. The van der Waals surface area contributed by atoms with Crippen LogP contribution < -0.4 is 0 Å². The summed E-state index contributed by atoms with van der Waals surface area (Å²) >= 11 is 0. The molecule has 10 heteroatoms. The minimum atomic E-state index is -5.59. The average molecular weight is 595 g/mol. The van der Waals surface area contributed by atoms with Gasteiger partial charge in [0.05, 0.1) is 0 Å². The highest BCUT2D eigenvalue weighted by atomic mass is 32.3. The molecule has 212 valence electrons. The summed E-state index contributed by atoms with van der Waals surface area (Å²) in [7, 11) is -8.93. The number of aryl methyl sites for hydroxylation is 3. The summed E-state index contributed by atoms with van der Waals surface area (Å²) in [6.45, 7) is 5.81. The Labute approximate surface area is 232 Å². The van der Waals surface area contributed by atoms with Gasteiger partial charge in [0.25, 0.3) is 0 Å². The maximum atomic E-state index is 14.8. The molecule has 3 nitrogen and oxygen atoms in total. The minimum absolute atomic E-state index is 0.352. The van der Waals surface area contributed by atoms with Gasteiger partial charge in [-0.3, -0.25) is 0 Å². The molecular formula is C30H27F5O3S2. The van der Waals surface area contributed by atoms with E-state index in [0.29, 0.717) is 33.9 Å². The van der Waals surface area contributed by atoms with E-state index in [1.54, 1.807) is 72.8 Å². The van der Waals surface area contributed by atoms with Crippen molar-refractivity contribution in [2.24, 2.45) is 0 Å². The molecule has 0 heterocycles. The highest BCUT2D eigenvalue weighted by Gasteiger charge is 2.42. The third-order valence-corrected chi connectivity index (χ3v) is 11.8. The summed E-state index contributed by atoms with van der Waals surface area (Å²) in [5.41, 5.74) is 2.80. The van der Waals surface area contributed by atoms with Crippen LogP contribution in [0.5, 0.6) is 0 Å². The molecule has 4 rings (SSSR count). The molecule has 0 radical (unpaired) electrons. The fourth-order valence-corrected chi connectivity index (χ4v) is 9.53. The van der Waals surface area contributed by atoms with Crippen LogP contribution in [0.3, 0.4) is 0 Å². The highest BCUT2D eigenvalue weighted by Crippen LogP contribution is 2.70. The third kappa shape index (κ3) is 5.27. The van der Waals surface area contributed by atoms with E-state index in [1.165, 1.54) is 0 Å². The number of benzene rings is 4. The van der Waals surface area contributed by atoms with Crippen molar-refractivity contribution in [3.63, 3.8) is 0 Å². The average Bonchev–Trinajstić information content (AvgIpc) is 2.98. The molecule has 4 aromatic carbocycles. The standard InChI is InChI=1S/C30H27F5O3S2/c1-4-19-7-13-22(14-8-19)39(23-15-9-20(5-2)10-16-23,24-17-11-21(6-3)12-18-24)38-40(36,37)30-28(34)26(32)25(31)27(33)29(30)35/h7-18H,4-6H2,1-3H3. The molecule has 40 heavy (non-hydrogen) atoms. The van der Waals surface area contributed by atoms with E-state index in [2.05, 4.69) is 0 Å². The first-order chi connectivity index (χ1) is 19.0. The lowest BCUT2D eigenvalue weighted by molar-refractivity contribution is 0.354. The van der Waals surface area contributed by atoms with Crippen molar-refractivity contribution in [1.82, 2.24) is 0 Å². The van der Waals surface area contributed by atoms with Crippen molar-refractivity contribution >= 4 is 20.4 Å². The van der Waals surface area contributed by atoms with Gasteiger partial charge in [0.2, 0.25) is 5.82 Å². The zero-order chi connectivity index (χ0) is 29.2. The lowest BCUT2D eigenvalue weighted by atomic mass is 10.2. The van der Waals surface area contributed by atoms with E-state index in [1.807, 2.05) is 20.8 Å². The normalized spacial score (nSPS) is 12.5. The first-order valence-corrected chi connectivity index (χ1v) is 15.5. The Morgan fingerprint density at radius 1 is 0.500 bits per heavy atom. The lowest BCUT2D eigenvalue weighted by Crippen LogP contribution is -2.19. The first kappa shape index (κ1) is 29.8. The molecule has 0 saturated heterocycles. The topological polar surface area (TPSA) is 43.4 Å². The van der Waals surface area contributed by atoms with Crippen LogP contribution in [0.4, 0.5) is 22.0 Å². The van der Waals surface area contributed by atoms with Crippen LogP contribution >= 0.6 is 10.3 Å². The van der Waals surface area contributed by atoms with Gasteiger partial charge >= 0.3 is 10.1 Å². The zero-order valence-electron chi connectivity index (χ0n) is 22.0. The van der Waals surface area contributed by atoms with Gasteiger partial charge in [-0.1, -0.05) is 57.2 Å². The van der Waals surface area contributed by atoms with Crippen LogP contribution in [0.25, 0.3) is 0 Å². The Bertz CT molecular complexity index is 1480. The molecule has 0 bridgehead atoms. The van der Waals surface area contributed by atoms with Gasteiger partial charge in [-0.25, -0.2) is 25.6 Å². The summed E-state index contributed by atoms with van der Waals surface area (Å²) in [6, 6.07) is 20.6. The maximum Gasteiger partial charge on any atom is 0.313 e. The van der Waals surface area contributed by atoms with Gasteiger partial charge in [-0.05, 0) is 82.7 Å². The quantitative estimate of drug-likeness (QED) is 0.111. The molecule has 0 aliphatic heterocycles. The minimum Gasteiger partial charge on any atom is -0.203 e. The predicted molar refractivity (Wildman–Crippen MR) is 144 cm³/mol. The number of hydrogen-bond donors (Lipinski definition) is 0. The maximum absolute atomic E-state index is 14.8. The fraction of sp³-hybridized carbons (Fsp3) is 0.200. The smallest absolute Gasteiger partial charge is 0.203 e. The Morgan fingerprint density at radius 2 is 0.775 bits per heavy atom. The molecule has 0 N–H and O–H groups in total. The fourth-order valence-electron chi connectivity index (χ4n) is 4.25. The molecule has 0 aliphatic rings. The van der Waals surface area contributed by atoms with Crippen LogP contribution in [0, 0.1) is 29.1 Å². The lowest BCUT2D eigenvalue weighted by Gasteiger charge is -2.39. The molecule has 0 atom stereocenters. The second kappa shape index (κ2) is 11.7. The second-order valence-corrected chi connectivity index (χ2v) is 13.4. The molecule has 0 unspecified atom stereocenters. The van der Waals surface area contributed by atoms with Crippen molar-refractivity contribution in [3.8, 4) is 0 Å². The largest absolute Gasteiger partial charge is 0.313 e. The van der Waals surface area contributed by atoms with E-state index < -0.39 is 54.4 Å². The van der Waals surface area contributed by atoms with Crippen LogP contribution in [-0.4, -0.2) is 8.42 Å². The summed E-state index contributed by atoms with van der Waals surface area (Å²) < 4.78 is 105. The predicted octanol–water partition coefficient (Wildman–Crippen LogP) is 8.67. The molecule has 0 aromatic heterocycles. The summed E-state index contributed by atoms with van der Waals surface area (Å²) in [4.78, 5) is -0.983. The molecule has 0 aliphatic carbocycles. The highest BCUT2D eigenvalue weighted by molar-refractivity contribution is 8.33. The molecule has 0 fully saturated rings. The van der Waals surface area contributed by atoms with Crippen LogP contribution in [-0.2, 0) is 33.0 Å². The van der Waals surface area contributed by atoms with Crippen molar-refractivity contribution in [3.05, 3.63) is 119 Å². The van der Waals surface area contributed by atoms with Crippen molar-refractivity contribution in [2.75, 3.05) is 0 Å². The third-order valence-electron chi connectivity index (χ3n) is 6.60.